The summed E-state index contributed by atoms with van der Waals surface area (Å²) in [5.74, 6) is 0.940. The van der Waals surface area contributed by atoms with Gasteiger partial charge in [-0.15, -0.1) is 0 Å². The molecule has 0 atom stereocenters. The topological polar surface area (TPSA) is 104 Å². The predicted octanol–water partition coefficient (Wildman–Crippen LogP) is 12.9. The molecule has 1 aliphatic carbocycles. The molecule has 8 heteroatoms. The van der Waals surface area contributed by atoms with Crippen LogP contribution < -0.4 is 5.73 Å². The molecule has 0 spiro atoms. The number of aromatic nitrogens is 6. The number of hydrogen-bond acceptors (Lipinski definition) is 5. The average Bonchev–Trinajstić information content (AvgIpc) is 3.92. The average molecular weight is 797 g/mol. The van der Waals surface area contributed by atoms with Crippen molar-refractivity contribution >= 4 is 0 Å². The van der Waals surface area contributed by atoms with Crippen LogP contribution in [-0.2, 0) is 26.3 Å². The molecule has 4 N–H and O–H groups in total. The molecule has 1 aliphatic heterocycles. The number of H-pyrrole nitrogens is 2. The highest BCUT2D eigenvalue weighted by Gasteiger charge is 2.15. The molecule has 2 fully saturated rings. The van der Waals surface area contributed by atoms with Crippen LogP contribution in [0, 0.1) is 34.5 Å². The number of nitrogens with zero attached hydrogens (tertiary/aromatic N) is 5. The summed E-state index contributed by atoms with van der Waals surface area (Å²) in [5.41, 5.74) is 12.3. The predicted molar refractivity (Wildman–Crippen MR) is 250 cm³/mol. The smallest absolute Gasteiger partial charge is 0.0946 e. The summed E-state index contributed by atoms with van der Waals surface area (Å²) >= 11 is 0. The van der Waals surface area contributed by atoms with Gasteiger partial charge in [-0.05, 0) is 144 Å². The van der Waals surface area contributed by atoms with E-state index in [2.05, 4.69) is 133 Å². The summed E-state index contributed by atoms with van der Waals surface area (Å²) in [6.07, 6.45) is 28.5. The van der Waals surface area contributed by atoms with Crippen molar-refractivity contribution < 1.29 is 0 Å². The maximum absolute atomic E-state index is 5.70. The Morgan fingerprint density at radius 3 is 1.68 bits per heavy atom. The second-order valence-electron chi connectivity index (χ2n) is 21.8. The van der Waals surface area contributed by atoms with Crippen molar-refractivity contribution in [2.24, 2.45) is 40.4 Å². The second-order valence-corrected chi connectivity index (χ2v) is 21.8. The minimum absolute atomic E-state index is 0. The molecular weight excluding hydrogens is 701 g/mol. The number of nitrogens with one attached hydrogen (secondary N) is 2. The lowest BCUT2D eigenvalue weighted by atomic mass is 9.88. The van der Waals surface area contributed by atoms with E-state index in [4.69, 9.17) is 5.73 Å². The Balaban J connectivity index is 0.000000689. The second kappa shape index (κ2) is 27.3. The monoisotopic (exact) mass is 797 g/mol. The Kier molecular flexibility index (Phi) is 26.2. The highest BCUT2D eigenvalue weighted by atomic mass is 15.1. The maximum atomic E-state index is 5.70. The van der Waals surface area contributed by atoms with Gasteiger partial charge in [0.05, 0.1) is 30.4 Å². The van der Waals surface area contributed by atoms with Crippen LogP contribution in [0.15, 0.2) is 31.4 Å². The van der Waals surface area contributed by atoms with Gasteiger partial charge in [0.1, 0.15) is 0 Å². The fourth-order valence-electron chi connectivity index (χ4n) is 6.45. The molecule has 57 heavy (non-hydrogen) atoms. The lowest BCUT2D eigenvalue weighted by Crippen LogP contribution is -2.25. The third kappa shape index (κ3) is 32.1. The van der Waals surface area contributed by atoms with Crippen molar-refractivity contribution in [3.05, 3.63) is 54.2 Å². The third-order valence-corrected chi connectivity index (χ3v) is 10.5. The zero-order chi connectivity index (χ0) is 42.4. The van der Waals surface area contributed by atoms with Gasteiger partial charge in [-0.1, -0.05) is 104 Å². The normalized spacial score (nSPS) is 17.4. The molecule has 0 unspecified atom stereocenters. The van der Waals surface area contributed by atoms with E-state index in [1.807, 2.05) is 24.1 Å². The summed E-state index contributed by atoms with van der Waals surface area (Å²) in [6.45, 7) is 35.8. The van der Waals surface area contributed by atoms with Crippen molar-refractivity contribution in [1.29, 1.82) is 0 Å². The van der Waals surface area contributed by atoms with Gasteiger partial charge in [-0.3, -0.25) is 0 Å². The SMILES string of the molecule is C.CC(C)(C)CCCCN1CCCC1.CC(C)(C)CCc1cnc[nH]1.CC1CCC(N)CC1.Cc1[nH]cnc1CCC(C)(C)C.Cn1cnc(CCC(C)(C)C)c1. The molecule has 8 nitrogen and oxygen atoms in total. The van der Waals surface area contributed by atoms with Crippen LogP contribution in [0.1, 0.15) is 197 Å². The summed E-state index contributed by atoms with van der Waals surface area (Å²) in [5, 5.41) is 0. The van der Waals surface area contributed by atoms with E-state index in [1.54, 1.807) is 12.7 Å². The van der Waals surface area contributed by atoms with Gasteiger partial charge < -0.3 is 25.2 Å². The molecule has 4 heterocycles. The van der Waals surface area contributed by atoms with Crippen LogP contribution in [0.4, 0.5) is 0 Å². The number of hydrogen-bond donors (Lipinski definition) is 3. The molecule has 1 saturated heterocycles. The first-order valence-corrected chi connectivity index (χ1v) is 22.3. The Bertz CT molecular complexity index is 1330. The van der Waals surface area contributed by atoms with Gasteiger partial charge in [0.25, 0.3) is 0 Å². The standard InChI is InChI=1S/C12H25N.2C10H18N2.C9H16N2.C7H15N.CH4/c1-12(2,3)8-4-5-9-13-10-6-7-11-13;1-10(2,3)6-5-9-7-12(4)8-11-9;1-8-9(12-7-11-8)5-6-10(2,3)4;1-9(2,3)5-4-8-6-10-7-11-8;1-6-2-4-7(8)5-3-6;/h4-11H2,1-3H3;7-8H,5-6H2,1-4H3;7H,5-6H2,1-4H3,(H,11,12);6-7H,4-5H2,1-3H3,(H,10,11);6-7H,2-5,8H2,1H3;1H4. The van der Waals surface area contributed by atoms with Crippen molar-refractivity contribution in [1.82, 2.24) is 34.4 Å². The molecule has 0 aromatic carbocycles. The summed E-state index contributed by atoms with van der Waals surface area (Å²) in [7, 11) is 2.01. The van der Waals surface area contributed by atoms with Crippen molar-refractivity contribution in [3.8, 4) is 0 Å². The number of nitrogens with two attached hydrogens (primary N) is 1. The first-order valence-electron chi connectivity index (χ1n) is 22.3. The van der Waals surface area contributed by atoms with E-state index < -0.39 is 0 Å². The van der Waals surface area contributed by atoms with E-state index in [-0.39, 0.29) is 7.43 Å². The first kappa shape index (κ1) is 54.6. The fraction of sp³-hybridized carbons (Fsp3) is 0.816. The Morgan fingerprint density at radius 2 is 1.25 bits per heavy atom. The summed E-state index contributed by atoms with van der Waals surface area (Å²) < 4.78 is 2.00. The summed E-state index contributed by atoms with van der Waals surface area (Å²) in [4.78, 5) is 21.3. The van der Waals surface area contributed by atoms with Gasteiger partial charge in [0, 0.05) is 36.9 Å². The number of rotatable bonds is 10. The van der Waals surface area contributed by atoms with Gasteiger partial charge in [0.2, 0.25) is 0 Å². The van der Waals surface area contributed by atoms with Gasteiger partial charge in [-0.25, -0.2) is 15.0 Å². The number of unbranched alkanes of at least 4 members (excludes halogenated alkanes) is 1. The largest absolute Gasteiger partial charge is 0.348 e. The molecule has 2 aliphatic rings. The quantitative estimate of drug-likeness (QED) is 0.177. The number of aryl methyl sites for hydroxylation is 5. The Hall–Kier alpha value is -2.45. The van der Waals surface area contributed by atoms with Crippen molar-refractivity contribution in [3.63, 3.8) is 0 Å². The van der Waals surface area contributed by atoms with Gasteiger partial charge in [0.15, 0.2) is 0 Å². The van der Waals surface area contributed by atoms with Crippen LogP contribution in [0.5, 0.6) is 0 Å². The molecule has 0 bridgehead atoms. The lowest BCUT2D eigenvalue weighted by molar-refractivity contribution is 0.304. The van der Waals surface area contributed by atoms with E-state index in [0.717, 1.165) is 25.2 Å². The van der Waals surface area contributed by atoms with Gasteiger partial charge in [-0.2, -0.15) is 0 Å². The summed E-state index contributed by atoms with van der Waals surface area (Å²) in [6, 6.07) is 0.520. The molecular formula is C49H96N8. The zero-order valence-corrected chi connectivity index (χ0v) is 39.6. The highest BCUT2D eigenvalue weighted by molar-refractivity contribution is 5.08. The van der Waals surface area contributed by atoms with E-state index >= 15 is 0 Å². The molecule has 332 valence electrons. The molecule has 3 aromatic heterocycles. The minimum atomic E-state index is 0. The fourth-order valence-corrected chi connectivity index (χ4v) is 6.45. The van der Waals surface area contributed by atoms with Crippen LogP contribution >= 0.6 is 0 Å². The van der Waals surface area contributed by atoms with E-state index in [9.17, 15) is 0 Å². The third-order valence-electron chi connectivity index (χ3n) is 10.5. The van der Waals surface area contributed by atoms with E-state index in [1.165, 1.54) is 119 Å². The molecule has 5 rings (SSSR count). The van der Waals surface area contributed by atoms with Crippen LogP contribution in [0.3, 0.4) is 0 Å². The number of likely N-dealkylation sites (tertiary alicyclic amines) is 1. The molecule has 1 saturated carbocycles. The number of imidazole rings is 3. The lowest BCUT2D eigenvalue weighted by Gasteiger charge is -2.22. The Morgan fingerprint density at radius 1 is 0.702 bits per heavy atom. The highest BCUT2D eigenvalue weighted by Crippen LogP contribution is 2.24. The number of aromatic amines is 2. The van der Waals surface area contributed by atoms with E-state index in [0.29, 0.717) is 27.7 Å². The van der Waals surface area contributed by atoms with Crippen LogP contribution in [0.25, 0.3) is 0 Å². The van der Waals surface area contributed by atoms with Gasteiger partial charge >= 0.3 is 0 Å². The molecule has 0 amide bonds. The Labute approximate surface area is 354 Å². The zero-order valence-electron chi connectivity index (χ0n) is 39.6. The van der Waals surface area contributed by atoms with Crippen molar-refractivity contribution in [2.45, 2.75) is 207 Å². The first-order chi connectivity index (χ1) is 25.9. The molecule has 3 aromatic rings. The van der Waals surface area contributed by atoms with Crippen molar-refractivity contribution in [2.75, 3.05) is 19.6 Å². The van der Waals surface area contributed by atoms with Crippen LogP contribution in [-0.4, -0.2) is 60.1 Å². The maximum Gasteiger partial charge on any atom is 0.0946 e. The minimum Gasteiger partial charge on any atom is -0.348 e. The van der Waals surface area contributed by atoms with Crippen LogP contribution in [0.2, 0.25) is 0 Å². The molecule has 0 radical (unpaired) electrons.